The van der Waals surface area contributed by atoms with Crippen molar-refractivity contribution >= 4 is 23.5 Å². The van der Waals surface area contributed by atoms with E-state index in [1.54, 1.807) is 0 Å². The summed E-state index contributed by atoms with van der Waals surface area (Å²) in [6.07, 6.45) is -1.40. The molecule has 7 heteroatoms. The highest BCUT2D eigenvalue weighted by Crippen LogP contribution is 2.26. The van der Waals surface area contributed by atoms with Crippen molar-refractivity contribution in [3.63, 3.8) is 0 Å². The first-order valence-electron chi connectivity index (χ1n) is 4.73. The number of hydrogen-bond acceptors (Lipinski definition) is 5. The van der Waals surface area contributed by atoms with Crippen molar-refractivity contribution in [3.05, 3.63) is 40.7 Å². The molecule has 1 aromatic rings. The maximum absolute atomic E-state index is 11.2. The van der Waals surface area contributed by atoms with Gasteiger partial charge in [-0.15, -0.1) is 0 Å². The van der Waals surface area contributed by atoms with E-state index in [9.17, 15) is 14.7 Å². The standard InChI is InChI=1S/C11H10ClNO5/c1-5(11(17)18-2)8(14)6-3-4-7(10(15)16)13-9(6)12/h3-4,8,14H,1H2,2H3,(H,15,16). The lowest BCUT2D eigenvalue weighted by Gasteiger charge is -2.13. The Morgan fingerprint density at radius 3 is 2.56 bits per heavy atom. The molecule has 2 N–H and O–H groups in total. The minimum absolute atomic E-state index is 0.0806. The third kappa shape index (κ3) is 2.85. The first-order chi connectivity index (χ1) is 8.38. The average molecular weight is 272 g/mol. The van der Waals surface area contributed by atoms with Gasteiger partial charge in [-0.05, 0) is 6.07 Å². The number of aromatic carboxylic acids is 1. The second-order valence-electron chi connectivity index (χ2n) is 3.30. The average Bonchev–Trinajstić information content (AvgIpc) is 2.35. The molecule has 96 valence electrons. The normalized spacial score (nSPS) is 11.7. The van der Waals surface area contributed by atoms with Crippen molar-refractivity contribution in [2.45, 2.75) is 6.10 Å². The number of pyridine rings is 1. The molecule has 0 spiro atoms. The molecule has 0 aromatic carbocycles. The predicted molar refractivity (Wildman–Crippen MR) is 62.3 cm³/mol. The number of carbonyl (C=O) groups is 2. The van der Waals surface area contributed by atoms with Gasteiger partial charge in [0.2, 0.25) is 0 Å². The number of aliphatic hydroxyl groups excluding tert-OH is 1. The molecule has 0 bridgehead atoms. The van der Waals surface area contributed by atoms with E-state index in [-0.39, 0.29) is 22.0 Å². The van der Waals surface area contributed by atoms with Crippen LogP contribution in [-0.2, 0) is 9.53 Å². The molecule has 0 aliphatic rings. The number of halogens is 1. The van der Waals surface area contributed by atoms with Crippen molar-refractivity contribution < 1.29 is 24.5 Å². The van der Waals surface area contributed by atoms with Crippen LogP contribution < -0.4 is 0 Å². The van der Waals surface area contributed by atoms with Crippen molar-refractivity contribution in [2.24, 2.45) is 0 Å². The van der Waals surface area contributed by atoms with E-state index < -0.39 is 18.0 Å². The molecule has 1 atom stereocenters. The molecule has 1 unspecified atom stereocenters. The van der Waals surface area contributed by atoms with E-state index in [2.05, 4.69) is 16.3 Å². The zero-order valence-electron chi connectivity index (χ0n) is 9.38. The molecular formula is C11H10ClNO5. The second kappa shape index (κ2) is 5.61. The highest BCUT2D eigenvalue weighted by Gasteiger charge is 2.22. The number of aliphatic hydroxyl groups is 1. The number of esters is 1. The Bertz CT molecular complexity index is 514. The van der Waals surface area contributed by atoms with Gasteiger partial charge in [0.15, 0.2) is 0 Å². The summed E-state index contributed by atoms with van der Waals surface area (Å²) >= 11 is 5.73. The Kier molecular flexibility index (Phi) is 4.41. The summed E-state index contributed by atoms with van der Waals surface area (Å²) in [6.45, 7) is 3.37. The molecule has 0 fully saturated rings. The van der Waals surface area contributed by atoms with Gasteiger partial charge in [-0.25, -0.2) is 14.6 Å². The van der Waals surface area contributed by atoms with Gasteiger partial charge in [-0.1, -0.05) is 24.2 Å². The molecule has 18 heavy (non-hydrogen) atoms. The molecule has 6 nitrogen and oxygen atoms in total. The van der Waals surface area contributed by atoms with E-state index in [0.29, 0.717) is 0 Å². The van der Waals surface area contributed by atoms with Crippen molar-refractivity contribution in [3.8, 4) is 0 Å². The summed E-state index contributed by atoms with van der Waals surface area (Å²) in [6, 6.07) is 2.43. The molecular weight excluding hydrogens is 262 g/mol. The quantitative estimate of drug-likeness (QED) is 0.485. The van der Waals surface area contributed by atoms with Gasteiger partial charge < -0.3 is 14.9 Å². The highest BCUT2D eigenvalue weighted by atomic mass is 35.5. The third-order valence-corrected chi connectivity index (χ3v) is 2.47. The molecule has 0 amide bonds. The minimum atomic E-state index is -1.40. The molecule has 0 aliphatic heterocycles. The molecule has 0 saturated carbocycles. The van der Waals surface area contributed by atoms with E-state index in [1.165, 1.54) is 6.07 Å². The Morgan fingerprint density at radius 1 is 1.50 bits per heavy atom. The first kappa shape index (κ1) is 14.1. The first-order valence-corrected chi connectivity index (χ1v) is 5.11. The maximum Gasteiger partial charge on any atom is 0.354 e. The van der Waals surface area contributed by atoms with Gasteiger partial charge >= 0.3 is 11.9 Å². The van der Waals surface area contributed by atoms with Crippen LogP contribution in [0.1, 0.15) is 22.2 Å². The van der Waals surface area contributed by atoms with Gasteiger partial charge in [-0.3, -0.25) is 0 Å². The van der Waals surface area contributed by atoms with E-state index >= 15 is 0 Å². The largest absolute Gasteiger partial charge is 0.477 e. The Balaban J connectivity index is 3.07. The smallest absolute Gasteiger partial charge is 0.354 e. The van der Waals surface area contributed by atoms with Gasteiger partial charge in [0.05, 0.1) is 12.7 Å². The summed E-state index contributed by atoms with van der Waals surface area (Å²) in [5, 5.41) is 18.3. The van der Waals surface area contributed by atoms with E-state index in [4.69, 9.17) is 16.7 Å². The summed E-state index contributed by atoms with van der Waals surface area (Å²) in [4.78, 5) is 25.4. The van der Waals surface area contributed by atoms with Crippen LogP contribution in [0.25, 0.3) is 0 Å². The topological polar surface area (TPSA) is 96.7 Å². The lowest BCUT2D eigenvalue weighted by molar-refractivity contribution is -0.137. The van der Waals surface area contributed by atoms with Crippen LogP contribution in [-0.4, -0.2) is 34.2 Å². The Morgan fingerprint density at radius 2 is 2.11 bits per heavy atom. The van der Waals surface area contributed by atoms with Crippen LogP contribution in [0.5, 0.6) is 0 Å². The van der Waals surface area contributed by atoms with Crippen LogP contribution in [0.4, 0.5) is 0 Å². The van der Waals surface area contributed by atoms with Crippen LogP contribution >= 0.6 is 11.6 Å². The molecule has 1 aromatic heterocycles. The number of carboxylic acid groups (broad SMARTS) is 1. The Labute approximate surface area is 107 Å². The number of carboxylic acids is 1. The molecule has 1 rings (SSSR count). The number of rotatable bonds is 4. The van der Waals surface area contributed by atoms with E-state index in [0.717, 1.165) is 13.2 Å². The van der Waals surface area contributed by atoms with Crippen molar-refractivity contribution in [1.82, 2.24) is 4.98 Å². The maximum atomic E-state index is 11.2. The third-order valence-electron chi connectivity index (χ3n) is 2.17. The zero-order chi connectivity index (χ0) is 13.9. The van der Waals surface area contributed by atoms with Crippen molar-refractivity contribution in [2.75, 3.05) is 7.11 Å². The number of ether oxygens (including phenoxy) is 1. The number of aromatic nitrogens is 1. The zero-order valence-corrected chi connectivity index (χ0v) is 10.1. The highest BCUT2D eigenvalue weighted by molar-refractivity contribution is 6.30. The van der Waals surface area contributed by atoms with Crippen LogP contribution in [0.15, 0.2) is 24.3 Å². The summed E-state index contributed by atoms with van der Waals surface area (Å²) in [7, 11) is 1.15. The number of hydrogen-bond donors (Lipinski definition) is 2. The van der Waals surface area contributed by atoms with Gasteiger partial charge in [0, 0.05) is 5.56 Å². The number of carbonyl (C=O) groups excluding carboxylic acids is 1. The monoisotopic (exact) mass is 271 g/mol. The Hall–Kier alpha value is -1.92. The molecule has 0 aliphatic carbocycles. The second-order valence-corrected chi connectivity index (χ2v) is 3.66. The fourth-order valence-electron chi connectivity index (χ4n) is 1.20. The minimum Gasteiger partial charge on any atom is -0.477 e. The molecule has 0 saturated heterocycles. The number of methoxy groups -OCH3 is 1. The fraction of sp³-hybridized carbons (Fsp3) is 0.182. The molecule has 0 radical (unpaired) electrons. The molecule has 1 heterocycles. The summed E-state index contributed by atoms with van der Waals surface area (Å²) in [5.74, 6) is -2.04. The van der Waals surface area contributed by atoms with Crippen molar-refractivity contribution in [1.29, 1.82) is 0 Å². The predicted octanol–water partition coefficient (Wildman–Crippen LogP) is 1.20. The lowest BCUT2D eigenvalue weighted by Crippen LogP contribution is -2.13. The van der Waals surface area contributed by atoms with Crippen LogP contribution in [0.3, 0.4) is 0 Å². The lowest BCUT2D eigenvalue weighted by atomic mass is 10.0. The van der Waals surface area contributed by atoms with Gasteiger partial charge in [0.25, 0.3) is 0 Å². The van der Waals surface area contributed by atoms with Gasteiger partial charge in [0.1, 0.15) is 17.0 Å². The van der Waals surface area contributed by atoms with Gasteiger partial charge in [-0.2, -0.15) is 0 Å². The van der Waals surface area contributed by atoms with Crippen LogP contribution in [0.2, 0.25) is 5.15 Å². The SMILES string of the molecule is C=C(C(=O)OC)C(O)c1ccc(C(=O)O)nc1Cl. The van der Waals surface area contributed by atoms with Crippen LogP contribution in [0, 0.1) is 0 Å². The summed E-state index contributed by atoms with van der Waals surface area (Å²) < 4.78 is 4.40. The fourth-order valence-corrected chi connectivity index (χ4v) is 1.46. The number of nitrogens with zero attached hydrogens (tertiary/aromatic N) is 1. The summed E-state index contributed by atoms with van der Waals surface area (Å²) in [5.41, 5.74) is -0.402. The van der Waals surface area contributed by atoms with E-state index in [1.807, 2.05) is 0 Å².